The van der Waals surface area contributed by atoms with Crippen LogP contribution in [0.25, 0.3) is 0 Å². The zero-order chi connectivity index (χ0) is 14.7. The van der Waals surface area contributed by atoms with Crippen molar-refractivity contribution < 1.29 is 4.39 Å². The minimum absolute atomic E-state index is 0.133. The summed E-state index contributed by atoms with van der Waals surface area (Å²) in [5.41, 5.74) is 2.26. The number of nitrogens with one attached hydrogen (secondary N) is 1. The van der Waals surface area contributed by atoms with E-state index in [4.69, 9.17) is 0 Å². The molecule has 0 aliphatic carbocycles. The Morgan fingerprint density at radius 3 is 2.30 bits per heavy atom. The fraction of sp³-hybridized carbons (Fsp3) is 0.250. The highest BCUT2D eigenvalue weighted by Gasteiger charge is 2.14. The van der Waals surface area contributed by atoms with Crippen molar-refractivity contribution in [3.63, 3.8) is 0 Å². The van der Waals surface area contributed by atoms with Crippen molar-refractivity contribution in [2.45, 2.75) is 25.9 Å². The summed E-state index contributed by atoms with van der Waals surface area (Å²) in [6.07, 6.45) is 0. The molecule has 0 heterocycles. The van der Waals surface area contributed by atoms with Crippen LogP contribution in [0.3, 0.4) is 0 Å². The molecule has 0 saturated carbocycles. The van der Waals surface area contributed by atoms with E-state index in [1.165, 1.54) is 11.6 Å². The molecule has 0 bridgehead atoms. The summed E-state index contributed by atoms with van der Waals surface area (Å²) in [7, 11) is 0. The van der Waals surface area contributed by atoms with Crippen LogP contribution >= 0.6 is 31.9 Å². The highest BCUT2D eigenvalue weighted by atomic mass is 79.9. The van der Waals surface area contributed by atoms with Crippen LogP contribution in [-0.2, 0) is 0 Å². The lowest BCUT2D eigenvalue weighted by molar-refractivity contribution is 0.492. The summed E-state index contributed by atoms with van der Waals surface area (Å²) in [4.78, 5) is 0. The van der Waals surface area contributed by atoms with Gasteiger partial charge in [0.25, 0.3) is 0 Å². The first-order valence-corrected chi connectivity index (χ1v) is 8.03. The maximum absolute atomic E-state index is 13.3. The van der Waals surface area contributed by atoms with Gasteiger partial charge in [-0.25, -0.2) is 4.39 Å². The van der Waals surface area contributed by atoms with E-state index in [9.17, 15) is 4.39 Å². The first-order chi connectivity index (χ1) is 9.49. The second-order valence-corrected chi connectivity index (χ2v) is 6.51. The molecule has 2 aromatic rings. The Hall–Kier alpha value is -0.710. The molecule has 2 rings (SSSR count). The SMILES string of the molecule is CC(N[C@@H](C)c1ccccc1Br)c1ccc(F)c(Br)c1. The third kappa shape index (κ3) is 3.68. The summed E-state index contributed by atoms with van der Waals surface area (Å²) in [6.45, 7) is 4.20. The lowest BCUT2D eigenvalue weighted by Gasteiger charge is -2.22. The topological polar surface area (TPSA) is 12.0 Å². The standard InChI is InChI=1S/C16H16Br2FN/c1-10(12-7-8-16(19)15(18)9-12)20-11(2)13-5-3-4-6-14(13)17/h3-11,20H,1-2H3/t10?,11-/m0/s1. The average molecular weight is 401 g/mol. The van der Waals surface area contributed by atoms with Crippen LogP contribution < -0.4 is 5.32 Å². The second-order valence-electron chi connectivity index (χ2n) is 4.81. The van der Waals surface area contributed by atoms with Crippen LogP contribution in [0.4, 0.5) is 4.39 Å². The van der Waals surface area contributed by atoms with E-state index < -0.39 is 0 Å². The number of rotatable bonds is 4. The van der Waals surface area contributed by atoms with Gasteiger partial charge in [-0.05, 0) is 59.1 Å². The van der Waals surface area contributed by atoms with E-state index in [0.29, 0.717) is 4.47 Å². The van der Waals surface area contributed by atoms with Crippen LogP contribution in [0.2, 0.25) is 0 Å². The highest BCUT2D eigenvalue weighted by molar-refractivity contribution is 9.10. The largest absolute Gasteiger partial charge is 0.304 e. The molecule has 1 nitrogen and oxygen atoms in total. The van der Waals surface area contributed by atoms with Gasteiger partial charge < -0.3 is 5.32 Å². The third-order valence-corrected chi connectivity index (χ3v) is 4.65. The van der Waals surface area contributed by atoms with Crippen LogP contribution in [0, 0.1) is 5.82 Å². The van der Waals surface area contributed by atoms with Crippen molar-refractivity contribution in [1.29, 1.82) is 0 Å². The second kappa shape index (κ2) is 6.83. The normalized spacial score (nSPS) is 14.1. The first kappa shape index (κ1) is 15.7. The van der Waals surface area contributed by atoms with E-state index in [1.807, 2.05) is 30.3 Å². The summed E-state index contributed by atoms with van der Waals surface area (Å²) in [5, 5.41) is 3.53. The van der Waals surface area contributed by atoms with Gasteiger partial charge in [0, 0.05) is 16.6 Å². The van der Waals surface area contributed by atoms with Crippen LogP contribution in [0.15, 0.2) is 51.4 Å². The molecule has 4 heteroatoms. The Morgan fingerprint density at radius 1 is 0.950 bits per heavy atom. The molecule has 0 aliphatic heterocycles. The maximum Gasteiger partial charge on any atom is 0.137 e. The molecule has 0 aliphatic rings. The number of halogens is 3. The zero-order valence-corrected chi connectivity index (χ0v) is 14.5. The Bertz CT molecular complexity index is 601. The maximum atomic E-state index is 13.3. The smallest absolute Gasteiger partial charge is 0.137 e. The molecule has 2 aromatic carbocycles. The summed E-state index contributed by atoms with van der Waals surface area (Å²) < 4.78 is 14.9. The fourth-order valence-electron chi connectivity index (χ4n) is 2.17. The minimum atomic E-state index is -0.236. The van der Waals surface area contributed by atoms with E-state index in [-0.39, 0.29) is 17.9 Å². The Morgan fingerprint density at radius 2 is 1.65 bits per heavy atom. The highest BCUT2D eigenvalue weighted by Crippen LogP contribution is 2.27. The molecule has 2 atom stereocenters. The van der Waals surface area contributed by atoms with Crippen molar-refractivity contribution in [2.75, 3.05) is 0 Å². The van der Waals surface area contributed by atoms with Crippen LogP contribution in [0.1, 0.15) is 37.1 Å². The monoisotopic (exact) mass is 399 g/mol. The minimum Gasteiger partial charge on any atom is -0.304 e. The molecular formula is C16H16Br2FN. The molecule has 0 amide bonds. The lowest BCUT2D eigenvalue weighted by atomic mass is 10.0. The molecule has 1 unspecified atom stereocenters. The van der Waals surface area contributed by atoms with Gasteiger partial charge in [0.15, 0.2) is 0 Å². The van der Waals surface area contributed by atoms with Crippen molar-refractivity contribution in [2.24, 2.45) is 0 Å². The number of hydrogen-bond donors (Lipinski definition) is 1. The molecule has 106 valence electrons. The van der Waals surface area contributed by atoms with Gasteiger partial charge in [0.1, 0.15) is 5.82 Å². The van der Waals surface area contributed by atoms with Crippen molar-refractivity contribution in [3.05, 3.63) is 68.4 Å². The Balaban J connectivity index is 2.13. The van der Waals surface area contributed by atoms with Gasteiger partial charge in [-0.15, -0.1) is 0 Å². The van der Waals surface area contributed by atoms with Gasteiger partial charge in [-0.2, -0.15) is 0 Å². The van der Waals surface area contributed by atoms with E-state index >= 15 is 0 Å². The average Bonchev–Trinajstić information content (AvgIpc) is 2.42. The Labute approximate surface area is 135 Å². The molecule has 0 radical (unpaired) electrons. The van der Waals surface area contributed by atoms with Gasteiger partial charge in [-0.3, -0.25) is 0 Å². The van der Waals surface area contributed by atoms with E-state index in [0.717, 1.165) is 10.0 Å². The molecule has 0 fully saturated rings. The van der Waals surface area contributed by atoms with Crippen LogP contribution in [-0.4, -0.2) is 0 Å². The third-order valence-electron chi connectivity index (χ3n) is 3.32. The van der Waals surface area contributed by atoms with Crippen molar-refractivity contribution in [1.82, 2.24) is 5.32 Å². The predicted molar refractivity (Wildman–Crippen MR) is 88.2 cm³/mol. The van der Waals surface area contributed by atoms with Gasteiger partial charge >= 0.3 is 0 Å². The molecule has 0 aromatic heterocycles. The zero-order valence-electron chi connectivity index (χ0n) is 11.3. The number of hydrogen-bond acceptors (Lipinski definition) is 1. The van der Waals surface area contributed by atoms with E-state index in [2.05, 4.69) is 57.1 Å². The fourth-order valence-corrected chi connectivity index (χ4v) is 3.19. The molecule has 0 spiro atoms. The summed E-state index contributed by atoms with van der Waals surface area (Å²) >= 11 is 6.79. The van der Waals surface area contributed by atoms with Gasteiger partial charge in [0.05, 0.1) is 4.47 Å². The summed E-state index contributed by atoms with van der Waals surface area (Å²) in [5.74, 6) is -0.236. The molecule has 1 N–H and O–H groups in total. The number of benzene rings is 2. The van der Waals surface area contributed by atoms with Crippen molar-refractivity contribution >= 4 is 31.9 Å². The molecule has 20 heavy (non-hydrogen) atoms. The van der Waals surface area contributed by atoms with Crippen LogP contribution in [0.5, 0.6) is 0 Å². The predicted octanol–water partition coefficient (Wildman–Crippen LogP) is 5.76. The molecular weight excluding hydrogens is 385 g/mol. The quantitative estimate of drug-likeness (QED) is 0.687. The Kier molecular flexibility index (Phi) is 5.35. The van der Waals surface area contributed by atoms with Gasteiger partial charge in [-0.1, -0.05) is 40.2 Å². The molecule has 0 saturated heterocycles. The lowest BCUT2D eigenvalue weighted by Crippen LogP contribution is -2.22. The van der Waals surface area contributed by atoms with Crippen molar-refractivity contribution in [3.8, 4) is 0 Å². The van der Waals surface area contributed by atoms with Gasteiger partial charge in [0.2, 0.25) is 0 Å². The first-order valence-electron chi connectivity index (χ1n) is 6.44. The van der Waals surface area contributed by atoms with E-state index in [1.54, 1.807) is 0 Å². The summed E-state index contributed by atoms with van der Waals surface area (Å²) in [6, 6.07) is 13.6.